The minimum atomic E-state index is 0.122. The van der Waals surface area contributed by atoms with Gasteiger partial charge in [-0.2, -0.15) is 5.10 Å². The van der Waals surface area contributed by atoms with Gasteiger partial charge in [0.1, 0.15) is 5.76 Å². The third kappa shape index (κ3) is 4.43. The molecule has 2 saturated carbocycles. The van der Waals surface area contributed by atoms with E-state index in [2.05, 4.69) is 33.5 Å². The maximum atomic E-state index is 12.3. The van der Waals surface area contributed by atoms with E-state index in [1.807, 2.05) is 13.2 Å². The van der Waals surface area contributed by atoms with E-state index < -0.39 is 0 Å². The third-order valence-corrected chi connectivity index (χ3v) is 7.82. The van der Waals surface area contributed by atoms with Gasteiger partial charge in [0.05, 0.1) is 18.3 Å². The molecule has 2 aromatic heterocycles. The number of likely N-dealkylation sites (tertiary alicyclic amines) is 1. The van der Waals surface area contributed by atoms with Gasteiger partial charge < -0.3 is 14.7 Å². The molecule has 1 amide bonds. The Balaban J connectivity index is 1.02. The van der Waals surface area contributed by atoms with E-state index in [1.165, 1.54) is 44.5 Å². The molecule has 0 aromatic carbocycles. The summed E-state index contributed by atoms with van der Waals surface area (Å²) in [7, 11) is 1.88. The van der Waals surface area contributed by atoms with Gasteiger partial charge in [-0.05, 0) is 62.5 Å². The summed E-state index contributed by atoms with van der Waals surface area (Å²) in [5.74, 6) is 2.70. The van der Waals surface area contributed by atoms with Crippen LogP contribution in [0.1, 0.15) is 62.5 Å². The summed E-state index contributed by atoms with van der Waals surface area (Å²) in [5, 5.41) is 11.8. The molecule has 0 unspecified atom stereocenters. The Morgan fingerprint density at radius 2 is 2.16 bits per heavy atom. The monoisotopic (exact) mass is 425 g/mol. The van der Waals surface area contributed by atoms with Crippen LogP contribution in [-0.4, -0.2) is 51.4 Å². The van der Waals surface area contributed by atoms with Crippen molar-refractivity contribution in [2.45, 2.75) is 69.7 Å². The Morgan fingerprint density at radius 1 is 1.32 bits per heavy atom. The van der Waals surface area contributed by atoms with Gasteiger partial charge >= 0.3 is 0 Å². The lowest BCUT2D eigenvalue weighted by molar-refractivity contribution is -0.121. The fraction of sp³-hybridized carbons (Fsp3) is 0.708. The summed E-state index contributed by atoms with van der Waals surface area (Å²) in [6.45, 7) is 5.68. The number of nitrogens with zero attached hydrogens (tertiary/aromatic N) is 4. The van der Waals surface area contributed by atoms with Crippen molar-refractivity contribution < 1.29 is 9.32 Å². The van der Waals surface area contributed by atoms with E-state index in [1.54, 1.807) is 10.9 Å². The molecule has 1 N–H and O–H groups in total. The molecule has 0 radical (unpaired) electrons. The number of aryl methyl sites for hydroxylation is 2. The first-order valence-corrected chi connectivity index (χ1v) is 12.0. The van der Waals surface area contributed by atoms with Crippen LogP contribution in [0.15, 0.2) is 23.0 Å². The molecule has 2 atom stereocenters. The van der Waals surface area contributed by atoms with Crippen LogP contribution in [0, 0.1) is 11.8 Å². The van der Waals surface area contributed by atoms with E-state index in [4.69, 9.17) is 4.52 Å². The number of aromatic nitrogens is 3. The number of carbonyl (C=O) groups is 1. The predicted molar refractivity (Wildman–Crippen MR) is 118 cm³/mol. The Kier molecular flexibility index (Phi) is 5.63. The highest BCUT2D eigenvalue weighted by Gasteiger charge is 2.62. The van der Waals surface area contributed by atoms with Gasteiger partial charge in [-0.3, -0.25) is 9.48 Å². The zero-order valence-corrected chi connectivity index (χ0v) is 18.8. The lowest BCUT2D eigenvalue weighted by Crippen LogP contribution is -2.39. The van der Waals surface area contributed by atoms with Crippen LogP contribution in [0.3, 0.4) is 0 Å². The zero-order valence-electron chi connectivity index (χ0n) is 18.8. The third-order valence-electron chi connectivity index (χ3n) is 7.82. The zero-order chi connectivity index (χ0) is 21.4. The maximum Gasteiger partial charge on any atom is 0.224 e. The van der Waals surface area contributed by atoms with Crippen LogP contribution in [0.5, 0.6) is 0 Å². The summed E-state index contributed by atoms with van der Waals surface area (Å²) in [6, 6.07) is 2.52. The summed E-state index contributed by atoms with van der Waals surface area (Å²) < 4.78 is 7.22. The summed E-state index contributed by atoms with van der Waals surface area (Å²) in [5.41, 5.74) is 2.46. The van der Waals surface area contributed by atoms with Crippen molar-refractivity contribution in [1.29, 1.82) is 0 Å². The molecule has 5 rings (SSSR count). The quantitative estimate of drug-likeness (QED) is 0.704. The molecule has 7 heteroatoms. The normalized spacial score (nSPS) is 30.3. The standard InChI is InChI=1S/C24H35N5O2/c1-3-21-11-22(27-31-21)24-12-19(24)15-29(16-24)9-8-17-4-6-20(7-5-17)26-23(30)10-18-13-25-28(2)14-18/h11,13-14,17,19-20H,3-10,12,15-16H2,1-2H3,(H,26,30)/t17-,19-,20-,24-/m0/s1. The number of amides is 1. The lowest BCUT2D eigenvalue weighted by Gasteiger charge is -2.30. The minimum absolute atomic E-state index is 0.122. The van der Waals surface area contributed by atoms with Gasteiger partial charge in [0.2, 0.25) is 5.91 Å². The Hall–Kier alpha value is -2.15. The fourth-order valence-corrected chi connectivity index (χ4v) is 5.86. The highest BCUT2D eigenvalue weighted by atomic mass is 16.5. The van der Waals surface area contributed by atoms with Crippen molar-refractivity contribution in [3.05, 3.63) is 35.5 Å². The molecule has 3 fully saturated rings. The average Bonchev–Trinajstić information content (AvgIpc) is 3.17. The van der Waals surface area contributed by atoms with Crippen LogP contribution in [0.4, 0.5) is 0 Å². The van der Waals surface area contributed by atoms with Crippen LogP contribution < -0.4 is 5.32 Å². The Morgan fingerprint density at radius 3 is 2.87 bits per heavy atom. The number of hydrogen-bond acceptors (Lipinski definition) is 5. The number of piperidine rings is 1. The molecule has 1 saturated heterocycles. The molecule has 168 valence electrons. The molecule has 0 spiro atoms. The van der Waals surface area contributed by atoms with Crippen molar-refractivity contribution in [2.24, 2.45) is 18.9 Å². The van der Waals surface area contributed by atoms with Gasteiger partial charge in [-0.1, -0.05) is 12.1 Å². The topological polar surface area (TPSA) is 76.2 Å². The molecule has 0 bridgehead atoms. The molecular weight excluding hydrogens is 390 g/mol. The van der Waals surface area contributed by atoms with Crippen LogP contribution in [0.25, 0.3) is 0 Å². The number of fused-ring (bicyclic) bond motifs is 1. The largest absolute Gasteiger partial charge is 0.361 e. The second kappa shape index (κ2) is 8.41. The lowest BCUT2D eigenvalue weighted by atomic mass is 9.84. The maximum absolute atomic E-state index is 12.3. The van der Waals surface area contributed by atoms with E-state index in [-0.39, 0.29) is 11.3 Å². The van der Waals surface area contributed by atoms with E-state index in [0.29, 0.717) is 12.5 Å². The van der Waals surface area contributed by atoms with Gasteiger partial charge in [0.25, 0.3) is 0 Å². The Bertz CT molecular complexity index is 913. The first-order valence-electron chi connectivity index (χ1n) is 12.0. The van der Waals surface area contributed by atoms with Crippen LogP contribution in [-0.2, 0) is 30.1 Å². The van der Waals surface area contributed by atoms with Gasteiger partial charge in [0, 0.05) is 50.3 Å². The molecular formula is C24H35N5O2. The van der Waals surface area contributed by atoms with E-state index >= 15 is 0 Å². The first-order chi connectivity index (χ1) is 15.0. The smallest absolute Gasteiger partial charge is 0.224 e. The van der Waals surface area contributed by atoms with Crippen molar-refractivity contribution in [3.8, 4) is 0 Å². The molecule has 3 heterocycles. The van der Waals surface area contributed by atoms with Crippen LogP contribution >= 0.6 is 0 Å². The minimum Gasteiger partial charge on any atom is -0.361 e. The van der Waals surface area contributed by atoms with Crippen molar-refractivity contribution >= 4 is 5.91 Å². The number of hydrogen-bond donors (Lipinski definition) is 1. The molecule has 3 aliphatic rings. The average molecular weight is 426 g/mol. The van der Waals surface area contributed by atoms with Crippen molar-refractivity contribution in [1.82, 2.24) is 25.2 Å². The van der Waals surface area contributed by atoms with E-state index in [9.17, 15) is 4.79 Å². The number of rotatable bonds is 8. The van der Waals surface area contributed by atoms with Crippen molar-refractivity contribution in [3.63, 3.8) is 0 Å². The summed E-state index contributed by atoms with van der Waals surface area (Å²) in [4.78, 5) is 15.0. The molecule has 31 heavy (non-hydrogen) atoms. The van der Waals surface area contributed by atoms with Gasteiger partial charge in [-0.15, -0.1) is 0 Å². The summed E-state index contributed by atoms with van der Waals surface area (Å²) in [6.07, 6.45) is 12.3. The van der Waals surface area contributed by atoms with Crippen LogP contribution in [0.2, 0.25) is 0 Å². The van der Waals surface area contributed by atoms with Gasteiger partial charge in [-0.25, -0.2) is 0 Å². The molecule has 7 nitrogen and oxygen atoms in total. The number of nitrogens with one attached hydrogen (secondary N) is 1. The SMILES string of the molecule is CCc1cc([C@]23C[C@H]2CN(CC[C@H]2CC[C@H](NC(=O)Cc4cnn(C)c4)CC2)C3)no1. The Labute approximate surface area is 184 Å². The molecule has 2 aromatic rings. The second-order valence-electron chi connectivity index (χ2n) is 10.1. The number of carbonyl (C=O) groups excluding carboxylic acids is 1. The fourth-order valence-electron chi connectivity index (χ4n) is 5.86. The van der Waals surface area contributed by atoms with Gasteiger partial charge in [0.15, 0.2) is 0 Å². The molecule has 1 aliphatic heterocycles. The predicted octanol–water partition coefficient (Wildman–Crippen LogP) is 2.85. The highest BCUT2D eigenvalue weighted by Crippen LogP contribution is 2.58. The first kappa shape index (κ1) is 20.7. The second-order valence-corrected chi connectivity index (χ2v) is 10.1. The summed E-state index contributed by atoms with van der Waals surface area (Å²) >= 11 is 0. The molecule has 2 aliphatic carbocycles. The van der Waals surface area contributed by atoms with E-state index in [0.717, 1.165) is 49.0 Å². The highest BCUT2D eigenvalue weighted by molar-refractivity contribution is 5.78. The van der Waals surface area contributed by atoms with Crippen molar-refractivity contribution in [2.75, 3.05) is 19.6 Å².